The zero-order valence-electron chi connectivity index (χ0n) is 13.9. The van der Waals surface area contributed by atoms with Crippen molar-refractivity contribution in [2.45, 2.75) is 13.5 Å². The lowest BCUT2D eigenvalue weighted by atomic mass is 10.2. The summed E-state index contributed by atoms with van der Waals surface area (Å²) in [6.45, 7) is 2.21. The molecule has 0 spiro atoms. The van der Waals surface area contributed by atoms with E-state index in [0.717, 1.165) is 5.76 Å². The lowest BCUT2D eigenvalue weighted by Gasteiger charge is -2.09. The first-order chi connectivity index (χ1) is 12.1. The van der Waals surface area contributed by atoms with Gasteiger partial charge in [-0.3, -0.25) is 4.79 Å². The first-order valence-corrected chi connectivity index (χ1v) is 7.71. The maximum atomic E-state index is 12.5. The van der Waals surface area contributed by atoms with E-state index in [4.69, 9.17) is 9.15 Å². The highest BCUT2D eigenvalue weighted by molar-refractivity contribution is 6.03. The maximum Gasteiger partial charge on any atom is 0.274 e. The number of ether oxygens (including phenoxy) is 1. The number of hydrogen-bond donors (Lipinski definition) is 2. The number of furan rings is 1. The van der Waals surface area contributed by atoms with Crippen LogP contribution in [-0.2, 0) is 6.54 Å². The predicted molar refractivity (Wildman–Crippen MR) is 93.8 cm³/mol. The third-order valence-electron chi connectivity index (χ3n) is 3.42. The zero-order chi connectivity index (χ0) is 17.6. The van der Waals surface area contributed by atoms with Crippen molar-refractivity contribution in [2.75, 3.05) is 17.7 Å². The number of aromatic nitrogens is 2. The van der Waals surface area contributed by atoms with Crippen LogP contribution in [0.2, 0.25) is 0 Å². The van der Waals surface area contributed by atoms with Gasteiger partial charge in [0.25, 0.3) is 5.91 Å². The molecule has 25 heavy (non-hydrogen) atoms. The summed E-state index contributed by atoms with van der Waals surface area (Å²) in [6.07, 6.45) is 1.61. The number of amides is 1. The third-order valence-corrected chi connectivity index (χ3v) is 3.42. The van der Waals surface area contributed by atoms with Gasteiger partial charge in [0.05, 0.1) is 19.9 Å². The number of hydrogen-bond acceptors (Lipinski definition) is 6. The van der Waals surface area contributed by atoms with E-state index in [-0.39, 0.29) is 11.6 Å². The lowest BCUT2D eigenvalue weighted by molar-refractivity contribution is 0.102. The first-order valence-electron chi connectivity index (χ1n) is 7.71. The van der Waals surface area contributed by atoms with Gasteiger partial charge in [0, 0.05) is 17.8 Å². The van der Waals surface area contributed by atoms with Crippen molar-refractivity contribution in [1.29, 1.82) is 0 Å². The van der Waals surface area contributed by atoms with Crippen molar-refractivity contribution in [3.63, 3.8) is 0 Å². The van der Waals surface area contributed by atoms with E-state index in [1.807, 2.05) is 12.1 Å². The number of methoxy groups -OCH3 is 1. The molecule has 0 saturated heterocycles. The Kier molecular flexibility index (Phi) is 4.94. The molecule has 0 aliphatic rings. The van der Waals surface area contributed by atoms with Crippen LogP contribution in [-0.4, -0.2) is 23.0 Å². The standard InChI is InChI=1S/C18H18N4O3/c1-12-20-16(10-17(21-12)19-11-15-7-4-8-25-15)18(23)22-13-5-3-6-14(9-13)24-2/h3-10H,11H2,1-2H3,(H,22,23)(H,19,20,21). The van der Waals surface area contributed by atoms with Crippen molar-refractivity contribution in [3.05, 3.63) is 66.0 Å². The van der Waals surface area contributed by atoms with Gasteiger partial charge in [-0.2, -0.15) is 0 Å². The highest BCUT2D eigenvalue weighted by Gasteiger charge is 2.11. The fourth-order valence-electron chi connectivity index (χ4n) is 2.26. The highest BCUT2D eigenvalue weighted by atomic mass is 16.5. The summed E-state index contributed by atoms with van der Waals surface area (Å²) in [4.78, 5) is 20.9. The van der Waals surface area contributed by atoms with Crippen LogP contribution in [0.1, 0.15) is 22.1 Å². The van der Waals surface area contributed by atoms with E-state index >= 15 is 0 Å². The predicted octanol–water partition coefficient (Wildman–Crippen LogP) is 3.25. The second kappa shape index (κ2) is 7.48. The van der Waals surface area contributed by atoms with Crippen LogP contribution in [0.15, 0.2) is 53.1 Å². The summed E-state index contributed by atoms with van der Waals surface area (Å²) in [5.41, 5.74) is 0.906. The molecular formula is C18H18N4O3. The van der Waals surface area contributed by atoms with Crippen LogP contribution >= 0.6 is 0 Å². The molecule has 0 saturated carbocycles. The Morgan fingerprint density at radius 1 is 1.20 bits per heavy atom. The second-order valence-electron chi connectivity index (χ2n) is 5.30. The molecule has 0 bridgehead atoms. The molecule has 2 heterocycles. The largest absolute Gasteiger partial charge is 0.497 e. The van der Waals surface area contributed by atoms with Gasteiger partial charge in [0.2, 0.25) is 0 Å². The average Bonchev–Trinajstić information content (AvgIpc) is 3.13. The van der Waals surface area contributed by atoms with Gasteiger partial charge < -0.3 is 19.8 Å². The van der Waals surface area contributed by atoms with Gasteiger partial charge >= 0.3 is 0 Å². The minimum Gasteiger partial charge on any atom is -0.497 e. The molecule has 3 rings (SSSR count). The first kappa shape index (κ1) is 16.5. The average molecular weight is 338 g/mol. The number of rotatable bonds is 6. The monoisotopic (exact) mass is 338 g/mol. The van der Waals surface area contributed by atoms with E-state index in [1.165, 1.54) is 0 Å². The van der Waals surface area contributed by atoms with Crippen molar-refractivity contribution in [3.8, 4) is 5.75 Å². The van der Waals surface area contributed by atoms with Crippen molar-refractivity contribution < 1.29 is 13.9 Å². The Bertz CT molecular complexity index is 863. The highest BCUT2D eigenvalue weighted by Crippen LogP contribution is 2.18. The topological polar surface area (TPSA) is 89.3 Å². The van der Waals surface area contributed by atoms with Gasteiger partial charge in [0.1, 0.15) is 28.8 Å². The van der Waals surface area contributed by atoms with Gasteiger partial charge in [-0.05, 0) is 31.2 Å². The quantitative estimate of drug-likeness (QED) is 0.717. The number of anilines is 2. The van der Waals surface area contributed by atoms with Crippen LogP contribution in [0.25, 0.3) is 0 Å². The molecule has 128 valence electrons. The van der Waals surface area contributed by atoms with Crippen LogP contribution in [0.3, 0.4) is 0 Å². The molecule has 0 aliphatic carbocycles. The fourth-order valence-corrected chi connectivity index (χ4v) is 2.26. The molecule has 3 aromatic rings. The van der Waals surface area contributed by atoms with Gasteiger partial charge in [-0.25, -0.2) is 9.97 Å². The SMILES string of the molecule is COc1cccc(NC(=O)c2cc(NCc3ccco3)nc(C)n2)c1. The molecule has 0 unspecified atom stereocenters. The smallest absolute Gasteiger partial charge is 0.274 e. The van der Waals surface area contributed by atoms with Gasteiger partial charge in [-0.1, -0.05) is 6.07 Å². The molecule has 7 nitrogen and oxygen atoms in total. The summed E-state index contributed by atoms with van der Waals surface area (Å²) in [5, 5.41) is 5.92. The van der Waals surface area contributed by atoms with Crippen molar-refractivity contribution in [1.82, 2.24) is 9.97 Å². The molecule has 0 fully saturated rings. The second-order valence-corrected chi connectivity index (χ2v) is 5.30. The minimum absolute atomic E-state index is 0.275. The summed E-state index contributed by atoms with van der Waals surface area (Å²) >= 11 is 0. The zero-order valence-corrected chi connectivity index (χ0v) is 13.9. The normalized spacial score (nSPS) is 10.3. The summed E-state index contributed by atoms with van der Waals surface area (Å²) in [7, 11) is 1.58. The maximum absolute atomic E-state index is 12.5. The Balaban J connectivity index is 1.73. The van der Waals surface area contributed by atoms with Gasteiger partial charge in [-0.15, -0.1) is 0 Å². The Morgan fingerprint density at radius 3 is 2.84 bits per heavy atom. The van der Waals surface area contributed by atoms with Crippen molar-refractivity contribution in [2.24, 2.45) is 0 Å². The number of nitrogens with one attached hydrogen (secondary N) is 2. The molecular weight excluding hydrogens is 320 g/mol. The molecule has 1 aromatic carbocycles. The molecule has 0 radical (unpaired) electrons. The van der Waals surface area contributed by atoms with E-state index in [2.05, 4.69) is 20.6 Å². The number of aryl methyl sites for hydroxylation is 1. The number of carbonyl (C=O) groups is 1. The van der Waals surface area contributed by atoms with E-state index in [9.17, 15) is 4.79 Å². The summed E-state index contributed by atoms with van der Waals surface area (Å²) < 4.78 is 10.4. The molecule has 0 atom stereocenters. The molecule has 2 N–H and O–H groups in total. The van der Waals surface area contributed by atoms with Crippen molar-refractivity contribution >= 4 is 17.4 Å². The Labute approximate surface area is 145 Å². The summed E-state index contributed by atoms with van der Waals surface area (Å²) in [6, 6.07) is 12.4. The number of nitrogens with zero attached hydrogens (tertiary/aromatic N) is 2. The molecule has 7 heteroatoms. The van der Waals surface area contributed by atoms with Crippen LogP contribution in [0.4, 0.5) is 11.5 Å². The summed E-state index contributed by atoms with van der Waals surface area (Å²) in [5.74, 6) is 2.18. The third kappa shape index (κ3) is 4.35. The minimum atomic E-state index is -0.320. The molecule has 0 aliphatic heterocycles. The van der Waals surface area contributed by atoms with Crippen LogP contribution in [0, 0.1) is 6.92 Å². The van der Waals surface area contributed by atoms with Crippen LogP contribution in [0.5, 0.6) is 5.75 Å². The lowest BCUT2D eigenvalue weighted by Crippen LogP contribution is -2.15. The number of benzene rings is 1. The van der Waals surface area contributed by atoms with Gasteiger partial charge in [0.15, 0.2) is 0 Å². The Hall–Kier alpha value is -3.35. The number of carbonyl (C=O) groups excluding carboxylic acids is 1. The van der Waals surface area contributed by atoms with E-state index < -0.39 is 0 Å². The molecule has 2 aromatic heterocycles. The van der Waals surface area contributed by atoms with E-state index in [0.29, 0.717) is 29.6 Å². The molecule has 1 amide bonds. The Morgan fingerprint density at radius 2 is 2.08 bits per heavy atom. The van der Waals surface area contributed by atoms with E-state index in [1.54, 1.807) is 50.6 Å². The fraction of sp³-hybridized carbons (Fsp3) is 0.167. The van der Waals surface area contributed by atoms with Crippen LogP contribution < -0.4 is 15.4 Å².